The van der Waals surface area contributed by atoms with Gasteiger partial charge >= 0.3 is 0 Å². The van der Waals surface area contributed by atoms with Crippen LogP contribution in [0.15, 0.2) is 48.5 Å². The number of carbonyl (C=O) groups excluding carboxylic acids is 2. The molecule has 2 amide bonds. The molecule has 184 valence electrons. The maximum absolute atomic E-state index is 14.1. The van der Waals surface area contributed by atoms with E-state index in [9.17, 15) is 9.59 Å². The number of rotatable bonds is 5. The fourth-order valence-corrected chi connectivity index (χ4v) is 5.60. The molecule has 6 nitrogen and oxygen atoms in total. The minimum absolute atomic E-state index is 0.0962. The molecule has 3 aromatic rings. The Morgan fingerprint density at radius 2 is 1.77 bits per heavy atom. The number of nitrogens with zero attached hydrogens (tertiary/aromatic N) is 2. The molecule has 1 atom stereocenters. The van der Waals surface area contributed by atoms with E-state index in [-0.39, 0.29) is 17.9 Å². The first-order valence-corrected chi connectivity index (χ1v) is 12.7. The van der Waals surface area contributed by atoms with E-state index in [1.165, 1.54) is 12.0 Å². The molecule has 2 aliphatic rings. The number of carbonyl (C=O) groups is 2. The Balaban J connectivity index is 1.61. The van der Waals surface area contributed by atoms with Crippen LogP contribution in [0.2, 0.25) is 0 Å². The Kier molecular flexibility index (Phi) is 6.07. The van der Waals surface area contributed by atoms with Crippen molar-refractivity contribution in [1.82, 2.24) is 9.88 Å². The summed E-state index contributed by atoms with van der Waals surface area (Å²) in [5.41, 5.74) is 2.36. The number of anilines is 1. The van der Waals surface area contributed by atoms with Crippen LogP contribution in [0.25, 0.3) is 10.9 Å². The lowest BCUT2D eigenvalue weighted by Crippen LogP contribution is -2.65. The molecule has 0 spiro atoms. The predicted molar refractivity (Wildman–Crippen MR) is 139 cm³/mol. The van der Waals surface area contributed by atoms with E-state index in [4.69, 9.17) is 4.74 Å². The quantitative estimate of drug-likeness (QED) is 0.521. The Morgan fingerprint density at radius 3 is 2.43 bits per heavy atom. The number of aromatic nitrogens is 1. The SMILES string of the molecule is COc1ccc2cc3n(c2c1)C[C@](C)(C(=O)NC1CCCCC1)N(c1ccc(C(C)C)cc1)C3=O. The maximum Gasteiger partial charge on any atom is 0.275 e. The third-order valence-electron chi connectivity index (χ3n) is 7.74. The third kappa shape index (κ3) is 4.09. The standard InChI is InChI=1S/C29H35N3O3/c1-19(2)20-10-13-23(14-11-20)32-27(33)26-16-21-12-15-24(35-4)17-25(21)31(26)18-29(32,3)28(34)30-22-8-6-5-7-9-22/h10-17,19,22H,5-9,18H2,1-4H3,(H,30,34)/t29-/m1/s1. The van der Waals surface area contributed by atoms with Crippen LogP contribution in [0.3, 0.4) is 0 Å². The van der Waals surface area contributed by atoms with Crippen molar-refractivity contribution >= 4 is 28.4 Å². The highest BCUT2D eigenvalue weighted by atomic mass is 16.5. The molecule has 1 fully saturated rings. The molecule has 5 rings (SSSR count). The summed E-state index contributed by atoms with van der Waals surface area (Å²) >= 11 is 0. The maximum atomic E-state index is 14.1. The number of hydrogen-bond acceptors (Lipinski definition) is 3. The zero-order valence-corrected chi connectivity index (χ0v) is 21.1. The average Bonchev–Trinajstić information content (AvgIpc) is 3.22. The van der Waals surface area contributed by atoms with Crippen LogP contribution in [0.4, 0.5) is 5.69 Å². The summed E-state index contributed by atoms with van der Waals surface area (Å²) in [5, 5.41) is 4.26. The van der Waals surface area contributed by atoms with Gasteiger partial charge < -0.3 is 14.6 Å². The predicted octanol–water partition coefficient (Wildman–Crippen LogP) is 5.64. The van der Waals surface area contributed by atoms with E-state index in [2.05, 4.69) is 31.3 Å². The number of nitrogens with one attached hydrogen (secondary N) is 1. The van der Waals surface area contributed by atoms with Gasteiger partial charge in [-0.2, -0.15) is 0 Å². The Morgan fingerprint density at radius 1 is 1.06 bits per heavy atom. The van der Waals surface area contributed by atoms with Gasteiger partial charge in [0.2, 0.25) is 5.91 Å². The first-order chi connectivity index (χ1) is 16.8. The second-order valence-corrected chi connectivity index (χ2v) is 10.5. The van der Waals surface area contributed by atoms with Gasteiger partial charge in [-0.15, -0.1) is 0 Å². The number of hydrogen-bond donors (Lipinski definition) is 1. The van der Waals surface area contributed by atoms with Crippen molar-refractivity contribution in [1.29, 1.82) is 0 Å². The second kappa shape index (κ2) is 9.06. The minimum Gasteiger partial charge on any atom is -0.497 e. The van der Waals surface area contributed by atoms with Crippen LogP contribution < -0.4 is 15.0 Å². The topological polar surface area (TPSA) is 63.6 Å². The van der Waals surface area contributed by atoms with Crippen LogP contribution in [-0.2, 0) is 11.3 Å². The first-order valence-electron chi connectivity index (χ1n) is 12.7. The Hall–Kier alpha value is -3.28. The summed E-state index contributed by atoms with van der Waals surface area (Å²) in [4.78, 5) is 29.7. The summed E-state index contributed by atoms with van der Waals surface area (Å²) in [6, 6.07) is 16.0. The highest BCUT2D eigenvalue weighted by Crippen LogP contribution is 2.37. The molecule has 0 radical (unpaired) electrons. The number of benzene rings is 2. The zero-order chi connectivity index (χ0) is 24.7. The molecule has 1 aliphatic carbocycles. The van der Waals surface area contributed by atoms with Gasteiger partial charge in [-0.25, -0.2) is 0 Å². The Labute approximate surface area is 207 Å². The van der Waals surface area contributed by atoms with E-state index in [0.29, 0.717) is 18.2 Å². The van der Waals surface area contributed by atoms with Gasteiger partial charge in [0.1, 0.15) is 17.0 Å². The highest BCUT2D eigenvalue weighted by molar-refractivity contribution is 6.14. The highest BCUT2D eigenvalue weighted by Gasteiger charge is 2.49. The van der Waals surface area contributed by atoms with Crippen LogP contribution in [-0.4, -0.2) is 35.1 Å². The molecule has 2 heterocycles. The van der Waals surface area contributed by atoms with E-state index in [1.54, 1.807) is 12.0 Å². The first kappa shape index (κ1) is 23.5. The Bertz CT molecular complexity index is 1250. The fraction of sp³-hybridized carbons (Fsp3) is 0.448. The smallest absolute Gasteiger partial charge is 0.275 e. The van der Waals surface area contributed by atoms with Crippen LogP contribution in [0, 0.1) is 0 Å². The van der Waals surface area contributed by atoms with Crippen molar-refractivity contribution in [3.05, 3.63) is 59.8 Å². The van der Waals surface area contributed by atoms with Gasteiger partial charge in [-0.1, -0.05) is 45.2 Å². The van der Waals surface area contributed by atoms with Crippen LogP contribution in [0.1, 0.15) is 74.8 Å². The van der Waals surface area contributed by atoms with Gasteiger partial charge in [0.05, 0.1) is 19.2 Å². The average molecular weight is 474 g/mol. The molecule has 0 unspecified atom stereocenters. The molecule has 2 aromatic carbocycles. The van der Waals surface area contributed by atoms with Crippen molar-refractivity contribution in [2.45, 2.75) is 76.9 Å². The normalized spacial score (nSPS) is 20.8. The van der Waals surface area contributed by atoms with Crippen LogP contribution in [0.5, 0.6) is 5.75 Å². The summed E-state index contributed by atoms with van der Waals surface area (Å²) in [5.74, 6) is 0.858. The minimum atomic E-state index is -1.07. The lowest BCUT2D eigenvalue weighted by Gasteiger charge is -2.44. The molecule has 1 saturated carbocycles. The second-order valence-electron chi connectivity index (χ2n) is 10.5. The molecular formula is C29H35N3O3. The van der Waals surface area contributed by atoms with Crippen LogP contribution >= 0.6 is 0 Å². The molecule has 1 aromatic heterocycles. The molecule has 6 heteroatoms. The fourth-order valence-electron chi connectivity index (χ4n) is 5.60. The molecule has 0 bridgehead atoms. The zero-order valence-electron chi connectivity index (χ0n) is 21.1. The lowest BCUT2D eigenvalue weighted by atomic mass is 9.90. The third-order valence-corrected chi connectivity index (χ3v) is 7.74. The largest absolute Gasteiger partial charge is 0.497 e. The van der Waals surface area contributed by atoms with Crippen molar-refractivity contribution < 1.29 is 14.3 Å². The summed E-state index contributed by atoms with van der Waals surface area (Å²) in [6.45, 7) is 6.56. The number of methoxy groups -OCH3 is 1. The number of amides is 2. The number of ether oxygens (including phenoxy) is 1. The van der Waals surface area contributed by atoms with Crippen molar-refractivity contribution in [2.24, 2.45) is 0 Å². The summed E-state index contributed by atoms with van der Waals surface area (Å²) in [6.07, 6.45) is 5.47. The lowest BCUT2D eigenvalue weighted by molar-refractivity contribution is -0.127. The monoisotopic (exact) mass is 473 g/mol. The van der Waals surface area contributed by atoms with Crippen molar-refractivity contribution in [2.75, 3.05) is 12.0 Å². The summed E-state index contributed by atoms with van der Waals surface area (Å²) < 4.78 is 7.43. The van der Waals surface area contributed by atoms with Gasteiger partial charge in [0.25, 0.3) is 5.91 Å². The van der Waals surface area contributed by atoms with Crippen molar-refractivity contribution in [3.63, 3.8) is 0 Å². The molecule has 1 N–H and O–H groups in total. The van der Waals surface area contributed by atoms with Gasteiger partial charge in [0.15, 0.2) is 0 Å². The number of fused-ring (bicyclic) bond motifs is 3. The van der Waals surface area contributed by atoms with Gasteiger partial charge in [0, 0.05) is 23.2 Å². The summed E-state index contributed by atoms with van der Waals surface area (Å²) in [7, 11) is 1.64. The van der Waals surface area contributed by atoms with Gasteiger partial charge in [-0.3, -0.25) is 14.5 Å². The molecular weight excluding hydrogens is 438 g/mol. The van der Waals surface area contributed by atoms with E-state index in [1.807, 2.05) is 47.9 Å². The molecule has 1 aliphatic heterocycles. The van der Waals surface area contributed by atoms with Gasteiger partial charge in [-0.05, 0) is 61.6 Å². The van der Waals surface area contributed by atoms with E-state index >= 15 is 0 Å². The van der Waals surface area contributed by atoms with E-state index in [0.717, 1.165) is 48.0 Å². The molecule has 0 saturated heterocycles. The van der Waals surface area contributed by atoms with Crippen molar-refractivity contribution in [3.8, 4) is 5.75 Å². The van der Waals surface area contributed by atoms with E-state index < -0.39 is 5.54 Å². The molecule has 35 heavy (non-hydrogen) atoms.